The van der Waals surface area contributed by atoms with Crippen LogP contribution in [0.5, 0.6) is 0 Å². The van der Waals surface area contributed by atoms with Crippen LogP contribution in [0.1, 0.15) is 57.4 Å². The topological polar surface area (TPSA) is 43.9 Å². The van der Waals surface area contributed by atoms with Crippen LogP contribution in [0.2, 0.25) is 0 Å². The third-order valence-electron chi connectivity index (χ3n) is 9.01. The zero-order valence-electron chi connectivity index (χ0n) is 26.1. The van der Waals surface area contributed by atoms with Crippen LogP contribution < -0.4 is 0 Å². The van der Waals surface area contributed by atoms with Crippen molar-refractivity contribution in [3.63, 3.8) is 0 Å². The molecule has 0 amide bonds. The number of aromatic nitrogens is 3. The highest BCUT2D eigenvalue weighted by atomic mass is 16.3. The predicted octanol–water partition coefficient (Wildman–Crippen LogP) is 11.0. The molecule has 0 radical (unpaired) electrons. The van der Waals surface area contributed by atoms with Gasteiger partial charge in [0.1, 0.15) is 11.4 Å². The number of benzene rings is 5. The van der Waals surface area contributed by atoms with Crippen molar-refractivity contribution in [2.45, 2.75) is 52.9 Å². The van der Waals surface area contributed by atoms with Gasteiger partial charge in [0.25, 0.3) is 0 Å². The summed E-state index contributed by atoms with van der Waals surface area (Å²) in [5.74, 6) is 1.14. The van der Waals surface area contributed by atoms with Gasteiger partial charge in [-0.1, -0.05) is 101 Å². The Bertz CT molecular complexity index is 2420. The molecular weight excluding hydrogens is 538 g/mol. The lowest BCUT2D eigenvalue weighted by atomic mass is 9.89. The Morgan fingerprint density at radius 2 is 1.34 bits per heavy atom. The molecule has 4 nitrogen and oxygen atoms in total. The minimum atomic E-state index is -0.0800. The molecular formula is C40H35N3O. The number of pyridine rings is 1. The van der Waals surface area contributed by atoms with Crippen molar-refractivity contribution in [3.8, 4) is 17.1 Å². The number of fused-ring (bicyclic) bond motifs is 7. The molecule has 8 rings (SSSR count). The zero-order valence-corrected chi connectivity index (χ0v) is 26.1. The van der Waals surface area contributed by atoms with E-state index in [-0.39, 0.29) is 11.3 Å². The Hall–Kier alpha value is -4.96. The maximum atomic E-state index is 6.71. The van der Waals surface area contributed by atoms with Crippen LogP contribution in [-0.4, -0.2) is 14.5 Å². The van der Waals surface area contributed by atoms with Gasteiger partial charge in [-0.15, -0.1) is 0 Å². The smallest absolute Gasteiger partial charge is 0.227 e. The molecule has 4 heteroatoms. The van der Waals surface area contributed by atoms with Gasteiger partial charge in [0.05, 0.1) is 22.3 Å². The molecule has 0 bridgehead atoms. The van der Waals surface area contributed by atoms with Crippen molar-refractivity contribution in [3.05, 3.63) is 114 Å². The second kappa shape index (κ2) is 9.52. The molecule has 0 N–H and O–H groups in total. The number of para-hydroxylation sites is 2. The lowest BCUT2D eigenvalue weighted by Crippen LogP contribution is -2.12. The predicted molar refractivity (Wildman–Crippen MR) is 184 cm³/mol. The number of imidazole rings is 1. The van der Waals surface area contributed by atoms with Crippen LogP contribution in [0.25, 0.3) is 71.7 Å². The van der Waals surface area contributed by atoms with Gasteiger partial charge in [0.15, 0.2) is 0 Å². The van der Waals surface area contributed by atoms with E-state index in [2.05, 4.69) is 143 Å². The van der Waals surface area contributed by atoms with Gasteiger partial charge < -0.3 is 4.42 Å². The fourth-order valence-electron chi connectivity index (χ4n) is 6.93. The maximum Gasteiger partial charge on any atom is 0.227 e. The standard InChI is InChI=1S/C40H35N3O/c1-23(2)34-27-15-9-7-13-25(27)26-14-8-10-16-28(26)36(34)43-32-18-12-11-17-31(32)41-38(43)30-20-19-24(3)35-29-21-22-33(40(4,5)6)42-39(29)44-37(30)35/h7-23H,1-6H3. The highest BCUT2D eigenvalue weighted by Gasteiger charge is 2.26. The van der Waals surface area contributed by atoms with E-state index in [1.165, 1.54) is 32.8 Å². The fraction of sp³-hybridized carbons (Fsp3) is 0.200. The second-order valence-electron chi connectivity index (χ2n) is 13.3. The number of aryl methyl sites for hydroxylation is 1. The van der Waals surface area contributed by atoms with Crippen molar-refractivity contribution in [2.24, 2.45) is 0 Å². The van der Waals surface area contributed by atoms with Gasteiger partial charge in [0.2, 0.25) is 5.71 Å². The first kappa shape index (κ1) is 26.7. The van der Waals surface area contributed by atoms with E-state index in [0.717, 1.165) is 50.0 Å². The lowest BCUT2D eigenvalue weighted by Gasteiger charge is -2.22. The summed E-state index contributed by atoms with van der Waals surface area (Å²) in [5.41, 5.74) is 9.07. The molecule has 0 aliphatic heterocycles. The fourth-order valence-corrected chi connectivity index (χ4v) is 6.93. The molecule has 3 aromatic heterocycles. The largest absolute Gasteiger partial charge is 0.437 e. The van der Waals surface area contributed by atoms with Crippen LogP contribution in [0, 0.1) is 6.92 Å². The number of furan rings is 1. The monoisotopic (exact) mass is 573 g/mol. The van der Waals surface area contributed by atoms with Crippen molar-refractivity contribution >= 4 is 54.6 Å². The quantitative estimate of drug-likeness (QED) is 0.197. The highest BCUT2D eigenvalue weighted by Crippen LogP contribution is 2.44. The molecule has 3 heterocycles. The van der Waals surface area contributed by atoms with E-state index in [0.29, 0.717) is 5.71 Å². The summed E-state index contributed by atoms with van der Waals surface area (Å²) in [6.45, 7) is 13.3. The molecule has 0 aliphatic carbocycles. The molecule has 0 spiro atoms. The van der Waals surface area contributed by atoms with Crippen molar-refractivity contribution in [1.29, 1.82) is 0 Å². The molecule has 0 saturated heterocycles. The van der Waals surface area contributed by atoms with E-state index < -0.39 is 0 Å². The van der Waals surface area contributed by atoms with Gasteiger partial charge in [-0.05, 0) is 70.5 Å². The molecule has 0 fully saturated rings. The number of nitrogens with zero attached hydrogens (tertiary/aromatic N) is 3. The molecule has 8 aromatic rings. The summed E-state index contributed by atoms with van der Waals surface area (Å²) in [4.78, 5) is 10.3. The van der Waals surface area contributed by atoms with E-state index in [9.17, 15) is 0 Å². The Balaban J connectivity index is 1.54. The Morgan fingerprint density at radius 1 is 0.682 bits per heavy atom. The van der Waals surface area contributed by atoms with Gasteiger partial charge in [-0.25, -0.2) is 9.97 Å². The molecule has 5 aromatic carbocycles. The van der Waals surface area contributed by atoms with E-state index in [1.54, 1.807) is 0 Å². The van der Waals surface area contributed by atoms with E-state index in [1.807, 2.05) is 0 Å². The lowest BCUT2D eigenvalue weighted by molar-refractivity contribution is 0.562. The molecule has 44 heavy (non-hydrogen) atoms. The summed E-state index contributed by atoms with van der Waals surface area (Å²) in [6, 6.07) is 34.7. The minimum Gasteiger partial charge on any atom is -0.437 e. The average Bonchev–Trinajstić information content (AvgIpc) is 3.59. The number of hydrogen-bond acceptors (Lipinski definition) is 3. The van der Waals surface area contributed by atoms with Crippen LogP contribution in [0.15, 0.2) is 101 Å². The number of rotatable bonds is 3. The summed E-state index contributed by atoms with van der Waals surface area (Å²) < 4.78 is 9.09. The van der Waals surface area contributed by atoms with Crippen LogP contribution in [0.4, 0.5) is 0 Å². The van der Waals surface area contributed by atoms with Gasteiger partial charge in [-0.2, -0.15) is 0 Å². The highest BCUT2D eigenvalue weighted by molar-refractivity contribution is 6.15. The van der Waals surface area contributed by atoms with Crippen LogP contribution in [0.3, 0.4) is 0 Å². The Morgan fingerprint density at radius 3 is 2.07 bits per heavy atom. The zero-order chi connectivity index (χ0) is 30.3. The number of hydrogen-bond donors (Lipinski definition) is 0. The SMILES string of the molecule is Cc1ccc(-c2nc3ccccc3n2-c2c(C(C)C)c3ccccc3c3ccccc23)c2oc3nc(C(C)(C)C)ccc3c12. The maximum absolute atomic E-state index is 6.71. The minimum absolute atomic E-state index is 0.0800. The molecule has 0 atom stereocenters. The van der Waals surface area contributed by atoms with E-state index in [4.69, 9.17) is 14.4 Å². The summed E-state index contributed by atoms with van der Waals surface area (Å²) in [5, 5.41) is 7.13. The first-order valence-electron chi connectivity index (χ1n) is 15.5. The second-order valence-corrected chi connectivity index (χ2v) is 13.3. The summed E-state index contributed by atoms with van der Waals surface area (Å²) in [7, 11) is 0. The van der Waals surface area contributed by atoms with Crippen molar-refractivity contribution in [2.75, 3.05) is 0 Å². The molecule has 216 valence electrons. The van der Waals surface area contributed by atoms with Crippen molar-refractivity contribution < 1.29 is 4.42 Å². The Labute approximate surface area is 257 Å². The van der Waals surface area contributed by atoms with Gasteiger partial charge in [0, 0.05) is 27.3 Å². The first-order chi connectivity index (χ1) is 21.2. The third kappa shape index (κ3) is 3.83. The summed E-state index contributed by atoms with van der Waals surface area (Å²) >= 11 is 0. The normalized spacial score (nSPS) is 12.5. The average molecular weight is 574 g/mol. The van der Waals surface area contributed by atoms with Crippen LogP contribution >= 0.6 is 0 Å². The van der Waals surface area contributed by atoms with Crippen molar-refractivity contribution in [1.82, 2.24) is 14.5 Å². The Kier molecular flexibility index (Phi) is 5.77. The van der Waals surface area contributed by atoms with Gasteiger partial charge in [-0.3, -0.25) is 4.57 Å². The molecule has 0 saturated carbocycles. The molecule has 0 unspecified atom stereocenters. The summed E-state index contributed by atoms with van der Waals surface area (Å²) in [6.07, 6.45) is 0. The van der Waals surface area contributed by atoms with E-state index >= 15 is 0 Å². The first-order valence-corrected chi connectivity index (χ1v) is 15.5. The van der Waals surface area contributed by atoms with Crippen LogP contribution in [-0.2, 0) is 5.41 Å². The molecule has 0 aliphatic rings. The third-order valence-corrected chi connectivity index (χ3v) is 9.01. The van der Waals surface area contributed by atoms with Gasteiger partial charge >= 0.3 is 0 Å².